The van der Waals surface area contributed by atoms with Crippen LogP contribution in [-0.2, 0) is 13.5 Å². The van der Waals surface area contributed by atoms with Gasteiger partial charge in [0, 0.05) is 43.0 Å². The Bertz CT molecular complexity index is 567. The van der Waals surface area contributed by atoms with Crippen molar-refractivity contribution in [3.8, 4) is 0 Å². The fourth-order valence-electron chi connectivity index (χ4n) is 2.45. The molecule has 1 atom stereocenters. The molecule has 1 N–H and O–H groups in total. The van der Waals surface area contributed by atoms with Crippen LogP contribution < -0.4 is 5.32 Å². The quantitative estimate of drug-likeness (QED) is 0.852. The van der Waals surface area contributed by atoms with E-state index < -0.39 is 0 Å². The van der Waals surface area contributed by atoms with Gasteiger partial charge in [0.2, 0.25) is 0 Å². The Morgan fingerprint density at radius 2 is 2.10 bits per heavy atom. The Labute approximate surface area is 127 Å². The molecular weight excluding hydrogens is 262 g/mol. The summed E-state index contributed by atoms with van der Waals surface area (Å²) in [5, 5.41) is 12.7. The Hall–Kier alpha value is -1.62. The molecule has 0 spiro atoms. The van der Waals surface area contributed by atoms with Crippen LogP contribution in [0.1, 0.15) is 56.2 Å². The maximum Gasteiger partial charge on any atom is 0.0643 e. The maximum absolute atomic E-state index is 4.67. The average Bonchev–Trinajstić information content (AvgIpc) is 3.04. The summed E-state index contributed by atoms with van der Waals surface area (Å²) in [4.78, 5) is 0. The zero-order valence-corrected chi connectivity index (χ0v) is 13.8. The standard InChI is InChI=1S/C16H27N5/c1-6-8-17-16(15-11-18-20(5)13(15)4)10-14-7-9-21(19-14)12(2)3/h7,9,11-12,16-17H,6,8,10H2,1-5H3. The zero-order valence-electron chi connectivity index (χ0n) is 13.8. The first-order chi connectivity index (χ1) is 10.0. The number of aromatic nitrogens is 4. The molecule has 0 aliphatic rings. The summed E-state index contributed by atoms with van der Waals surface area (Å²) < 4.78 is 3.95. The minimum Gasteiger partial charge on any atom is -0.309 e. The molecule has 116 valence electrons. The van der Waals surface area contributed by atoms with Gasteiger partial charge >= 0.3 is 0 Å². The Morgan fingerprint density at radius 1 is 1.33 bits per heavy atom. The van der Waals surface area contributed by atoms with Gasteiger partial charge in [-0.25, -0.2) is 0 Å². The van der Waals surface area contributed by atoms with E-state index in [1.54, 1.807) is 0 Å². The summed E-state index contributed by atoms with van der Waals surface area (Å²) in [5.41, 5.74) is 3.61. The van der Waals surface area contributed by atoms with E-state index in [1.807, 2.05) is 22.6 Å². The molecule has 0 saturated heterocycles. The number of nitrogens with one attached hydrogen (secondary N) is 1. The topological polar surface area (TPSA) is 47.7 Å². The van der Waals surface area contributed by atoms with E-state index in [-0.39, 0.29) is 6.04 Å². The van der Waals surface area contributed by atoms with E-state index in [0.29, 0.717) is 6.04 Å². The van der Waals surface area contributed by atoms with Gasteiger partial charge in [0.25, 0.3) is 0 Å². The molecule has 1 unspecified atom stereocenters. The molecule has 0 radical (unpaired) electrons. The van der Waals surface area contributed by atoms with E-state index in [2.05, 4.69) is 55.5 Å². The lowest BCUT2D eigenvalue weighted by Gasteiger charge is -2.17. The van der Waals surface area contributed by atoms with Crippen molar-refractivity contribution in [3.63, 3.8) is 0 Å². The highest BCUT2D eigenvalue weighted by molar-refractivity contribution is 5.22. The van der Waals surface area contributed by atoms with Gasteiger partial charge in [-0.1, -0.05) is 6.92 Å². The summed E-state index contributed by atoms with van der Waals surface area (Å²) in [6.45, 7) is 9.61. The molecule has 5 nitrogen and oxygen atoms in total. The van der Waals surface area contributed by atoms with Crippen molar-refractivity contribution in [1.82, 2.24) is 24.9 Å². The van der Waals surface area contributed by atoms with Gasteiger partial charge in [-0.05, 0) is 39.8 Å². The van der Waals surface area contributed by atoms with Crippen molar-refractivity contribution in [1.29, 1.82) is 0 Å². The van der Waals surface area contributed by atoms with E-state index in [9.17, 15) is 0 Å². The van der Waals surface area contributed by atoms with Crippen LogP contribution in [0.25, 0.3) is 0 Å². The summed E-state index contributed by atoms with van der Waals surface area (Å²) >= 11 is 0. The van der Waals surface area contributed by atoms with Gasteiger partial charge < -0.3 is 5.32 Å². The molecule has 0 aliphatic carbocycles. The van der Waals surface area contributed by atoms with E-state index in [0.717, 1.165) is 25.1 Å². The van der Waals surface area contributed by atoms with Crippen LogP contribution >= 0.6 is 0 Å². The predicted octanol–water partition coefficient (Wildman–Crippen LogP) is 2.79. The Balaban J connectivity index is 2.17. The molecule has 0 bridgehead atoms. The molecule has 2 aromatic heterocycles. The summed E-state index contributed by atoms with van der Waals surface area (Å²) in [6, 6.07) is 2.79. The highest BCUT2D eigenvalue weighted by atomic mass is 15.3. The molecule has 2 aromatic rings. The van der Waals surface area contributed by atoms with Gasteiger partial charge in [0.1, 0.15) is 0 Å². The molecular formula is C16H27N5. The van der Waals surface area contributed by atoms with E-state index >= 15 is 0 Å². The Kier molecular flexibility index (Phi) is 5.17. The van der Waals surface area contributed by atoms with Crippen molar-refractivity contribution in [2.45, 2.75) is 52.6 Å². The fraction of sp³-hybridized carbons (Fsp3) is 0.625. The van der Waals surface area contributed by atoms with Crippen LogP contribution in [0.3, 0.4) is 0 Å². The van der Waals surface area contributed by atoms with Crippen LogP contribution in [0.15, 0.2) is 18.5 Å². The summed E-state index contributed by atoms with van der Waals surface area (Å²) in [5.74, 6) is 0. The first kappa shape index (κ1) is 15.8. The van der Waals surface area contributed by atoms with Crippen LogP contribution in [0.4, 0.5) is 0 Å². The van der Waals surface area contributed by atoms with Crippen molar-refractivity contribution in [3.05, 3.63) is 35.4 Å². The lowest BCUT2D eigenvalue weighted by Crippen LogP contribution is -2.25. The van der Waals surface area contributed by atoms with Gasteiger partial charge in [-0.2, -0.15) is 10.2 Å². The number of rotatable bonds is 7. The van der Waals surface area contributed by atoms with Gasteiger partial charge in [0.05, 0.1) is 11.9 Å². The normalized spacial score (nSPS) is 13.0. The van der Waals surface area contributed by atoms with Crippen molar-refractivity contribution < 1.29 is 0 Å². The van der Waals surface area contributed by atoms with Crippen molar-refractivity contribution >= 4 is 0 Å². The molecule has 5 heteroatoms. The second-order valence-corrected chi connectivity index (χ2v) is 5.90. The smallest absolute Gasteiger partial charge is 0.0643 e. The van der Waals surface area contributed by atoms with Gasteiger partial charge in [-0.15, -0.1) is 0 Å². The molecule has 0 saturated carbocycles. The molecule has 2 rings (SSSR count). The second kappa shape index (κ2) is 6.89. The van der Waals surface area contributed by atoms with E-state index in [1.165, 1.54) is 11.3 Å². The van der Waals surface area contributed by atoms with E-state index in [4.69, 9.17) is 0 Å². The van der Waals surface area contributed by atoms with Gasteiger partial charge in [-0.3, -0.25) is 9.36 Å². The first-order valence-electron chi connectivity index (χ1n) is 7.78. The largest absolute Gasteiger partial charge is 0.309 e. The average molecular weight is 289 g/mol. The van der Waals surface area contributed by atoms with Crippen LogP contribution in [0, 0.1) is 6.92 Å². The molecule has 0 aromatic carbocycles. The second-order valence-electron chi connectivity index (χ2n) is 5.90. The Morgan fingerprint density at radius 3 is 2.62 bits per heavy atom. The molecule has 0 amide bonds. The fourth-order valence-corrected chi connectivity index (χ4v) is 2.45. The maximum atomic E-state index is 4.67. The third-order valence-corrected chi connectivity index (χ3v) is 3.90. The van der Waals surface area contributed by atoms with Crippen LogP contribution in [0.5, 0.6) is 0 Å². The predicted molar refractivity (Wildman–Crippen MR) is 85.3 cm³/mol. The van der Waals surface area contributed by atoms with Crippen LogP contribution in [0.2, 0.25) is 0 Å². The van der Waals surface area contributed by atoms with Gasteiger partial charge in [0.15, 0.2) is 0 Å². The minimum absolute atomic E-state index is 0.272. The first-order valence-corrected chi connectivity index (χ1v) is 7.78. The monoisotopic (exact) mass is 289 g/mol. The lowest BCUT2D eigenvalue weighted by atomic mass is 10.0. The zero-order chi connectivity index (χ0) is 15.4. The third kappa shape index (κ3) is 3.73. The molecule has 2 heterocycles. The molecule has 0 fully saturated rings. The number of aryl methyl sites for hydroxylation is 1. The lowest BCUT2D eigenvalue weighted by molar-refractivity contribution is 0.498. The van der Waals surface area contributed by atoms with Crippen molar-refractivity contribution in [2.75, 3.05) is 6.54 Å². The molecule has 0 aliphatic heterocycles. The summed E-state index contributed by atoms with van der Waals surface area (Å²) in [7, 11) is 1.99. The highest BCUT2D eigenvalue weighted by Crippen LogP contribution is 2.21. The minimum atomic E-state index is 0.272. The third-order valence-electron chi connectivity index (χ3n) is 3.90. The van der Waals surface area contributed by atoms with Crippen LogP contribution in [-0.4, -0.2) is 26.1 Å². The SMILES string of the molecule is CCCNC(Cc1ccn(C(C)C)n1)c1cnn(C)c1C. The number of hydrogen-bond acceptors (Lipinski definition) is 3. The van der Waals surface area contributed by atoms with Crippen molar-refractivity contribution in [2.24, 2.45) is 7.05 Å². The summed E-state index contributed by atoms with van der Waals surface area (Å²) in [6.07, 6.45) is 6.05. The molecule has 21 heavy (non-hydrogen) atoms. The highest BCUT2D eigenvalue weighted by Gasteiger charge is 2.18. The number of hydrogen-bond donors (Lipinski definition) is 1. The number of nitrogens with zero attached hydrogens (tertiary/aromatic N) is 4.